The molecule has 1 aromatic rings. The van der Waals surface area contributed by atoms with E-state index in [4.69, 9.17) is 0 Å². The van der Waals surface area contributed by atoms with Gasteiger partial charge in [-0.05, 0) is 45.5 Å². The highest BCUT2D eigenvalue weighted by Gasteiger charge is 2.09. The minimum Gasteiger partial charge on any atom is -0.312 e. The Kier molecular flexibility index (Phi) is 6.78. The van der Waals surface area contributed by atoms with Crippen molar-refractivity contribution in [3.05, 3.63) is 21.9 Å². The minimum absolute atomic E-state index is 0.628. The van der Waals surface area contributed by atoms with Crippen LogP contribution in [0.2, 0.25) is 0 Å². The molecule has 0 radical (unpaired) electrons. The van der Waals surface area contributed by atoms with Crippen molar-refractivity contribution >= 4 is 11.3 Å². The van der Waals surface area contributed by atoms with Crippen LogP contribution in [0.25, 0.3) is 0 Å². The second kappa shape index (κ2) is 7.85. The summed E-state index contributed by atoms with van der Waals surface area (Å²) in [7, 11) is 0. The van der Waals surface area contributed by atoms with Crippen LogP contribution < -0.4 is 5.32 Å². The van der Waals surface area contributed by atoms with E-state index < -0.39 is 0 Å². The molecule has 1 heterocycles. The summed E-state index contributed by atoms with van der Waals surface area (Å²) in [5.41, 5.74) is 0. The number of nitrogens with zero attached hydrogens (tertiary/aromatic N) is 1. The minimum atomic E-state index is 0.628. The van der Waals surface area contributed by atoms with Crippen molar-refractivity contribution < 1.29 is 0 Å². The molecule has 0 saturated carbocycles. The maximum absolute atomic E-state index is 3.45. The third kappa shape index (κ3) is 5.19. The summed E-state index contributed by atoms with van der Waals surface area (Å²) < 4.78 is 0. The quantitative estimate of drug-likeness (QED) is 0.715. The fraction of sp³-hybridized carbons (Fsp3) is 0.714. The highest BCUT2D eigenvalue weighted by Crippen LogP contribution is 2.19. The van der Waals surface area contributed by atoms with Crippen LogP contribution in [-0.2, 0) is 13.1 Å². The molecule has 0 aliphatic carbocycles. The molecule has 0 aliphatic heterocycles. The molecule has 0 atom stereocenters. The average Bonchev–Trinajstić information content (AvgIpc) is 2.74. The Morgan fingerprint density at radius 2 is 1.94 bits per heavy atom. The molecular formula is C14H26N2S. The summed E-state index contributed by atoms with van der Waals surface area (Å²) in [6, 6.07) is 5.17. The third-order valence-corrected chi connectivity index (χ3v) is 4.01. The van der Waals surface area contributed by atoms with Crippen LogP contribution in [0.1, 0.15) is 43.9 Å². The molecule has 0 aromatic carbocycles. The lowest BCUT2D eigenvalue weighted by molar-refractivity contribution is 0.227. The standard InChI is InChI=1S/C14H26N2S/c1-5-9-15-10-13-7-8-14(17-13)11-16(6-2)12(3)4/h7-8,12,15H,5-6,9-11H2,1-4H3. The second-order valence-electron chi connectivity index (χ2n) is 4.70. The first-order valence-electron chi connectivity index (χ1n) is 6.69. The van der Waals surface area contributed by atoms with Gasteiger partial charge in [-0.15, -0.1) is 11.3 Å². The van der Waals surface area contributed by atoms with Crippen molar-refractivity contribution in [2.75, 3.05) is 13.1 Å². The molecule has 0 saturated heterocycles. The first-order valence-corrected chi connectivity index (χ1v) is 7.51. The Morgan fingerprint density at radius 3 is 2.53 bits per heavy atom. The van der Waals surface area contributed by atoms with Crippen molar-refractivity contribution in [1.29, 1.82) is 0 Å². The Hall–Kier alpha value is -0.380. The Labute approximate surface area is 110 Å². The third-order valence-electron chi connectivity index (χ3n) is 2.94. The van der Waals surface area contributed by atoms with Crippen LogP contribution in [0.3, 0.4) is 0 Å². The maximum atomic E-state index is 3.45. The monoisotopic (exact) mass is 254 g/mol. The number of nitrogens with one attached hydrogen (secondary N) is 1. The Balaban J connectivity index is 2.44. The number of rotatable bonds is 8. The van der Waals surface area contributed by atoms with Crippen LogP contribution in [0.4, 0.5) is 0 Å². The molecular weight excluding hydrogens is 228 g/mol. The zero-order chi connectivity index (χ0) is 12.7. The van der Waals surface area contributed by atoms with E-state index >= 15 is 0 Å². The molecule has 0 spiro atoms. The predicted molar refractivity (Wildman–Crippen MR) is 77.5 cm³/mol. The van der Waals surface area contributed by atoms with E-state index in [0.29, 0.717) is 6.04 Å². The van der Waals surface area contributed by atoms with Crippen molar-refractivity contribution in [1.82, 2.24) is 10.2 Å². The molecule has 0 unspecified atom stereocenters. The number of hydrogen-bond donors (Lipinski definition) is 1. The first-order chi connectivity index (χ1) is 8.17. The SMILES string of the molecule is CCCNCc1ccc(CN(CC)C(C)C)s1. The Morgan fingerprint density at radius 1 is 1.24 bits per heavy atom. The van der Waals surface area contributed by atoms with Crippen LogP contribution in [0.5, 0.6) is 0 Å². The van der Waals surface area contributed by atoms with E-state index in [1.54, 1.807) is 0 Å². The van der Waals surface area contributed by atoms with Crippen molar-refractivity contribution in [3.8, 4) is 0 Å². The zero-order valence-electron chi connectivity index (χ0n) is 11.6. The van der Waals surface area contributed by atoms with Gasteiger partial charge in [0.25, 0.3) is 0 Å². The summed E-state index contributed by atoms with van der Waals surface area (Å²) in [6.07, 6.45) is 1.20. The molecule has 2 nitrogen and oxygen atoms in total. The molecule has 98 valence electrons. The van der Waals surface area contributed by atoms with E-state index in [9.17, 15) is 0 Å². The van der Waals surface area contributed by atoms with Crippen LogP contribution in [-0.4, -0.2) is 24.0 Å². The smallest absolute Gasteiger partial charge is 0.0330 e. The number of thiophene rings is 1. The average molecular weight is 254 g/mol. The van der Waals surface area contributed by atoms with Crippen molar-refractivity contribution in [2.45, 2.75) is 53.2 Å². The van der Waals surface area contributed by atoms with Gasteiger partial charge in [0.1, 0.15) is 0 Å². The van der Waals surface area contributed by atoms with Gasteiger partial charge >= 0.3 is 0 Å². The highest BCUT2D eigenvalue weighted by atomic mass is 32.1. The van der Waals surface area contributed by atoms with Gasteiger partial charge in [0.15, 0.2) is 0 Å². The summed E-state index contributed by atoms with van der Waals surface area (Å²) in [5.74, 6) is 0. The summed E-state index contributed by atoms with van der Waals surface area (Å²) >= 11 is 1.94. The van der Waals surface area contributed by atoms with E-state index in [-0.39, 0.29) is 0 Å². The zero-order valence-corrected chi connectivity index (χ0v) is 12.4. The topological polar surface area (TPSA) is 15.3 Å². The second-order valence-corrected chi connectivity index (χ2v) is 5.95. The molecule has 0 fully saturated rings. The van der Waals surface area contributed by atoms with Gasteiger partial charge in [0, 0.05) is 28.9 Å². The van der Waals surface area contributed by atoms with Gasteiger partial charge in [-0.1, -0.05) is 13.8 Å². The van der Waals surface area contributed by atoms with Gasteiger partial charge in [-0.3, -0.25) is 4.90 Å². The Bertz CT molecular complexity index is 307. The molecule has 0 amide bonds. The lowest BCUT2D eigenvalue weighted by atomic mass is 10.3. The fourth-order valence-electron chi connectivity index (χ4n) is 1.85. The van der Waals surface area contributed by atoms with Crippen LogP contribution in [0.15, 0.2) is 12.1 Å². The summed E-state index contributed by atoms with van der Waals surface area (Å²) in [5, 5.41) is 3.45. The summed E-state index contributed by atoms with van der Waals surface area (Å²) in [4.78, 5) is 5.43. The normalized spacial score (nSPS) is 11.6. The van der Waals surface area contributed by atoms with Gasteiger partial charge in [0.05, 0.1) is 0 Å². The summed E-state index contributed by atoms with van der Waals surface area (Å²) in [6.45, 7) is 13.3. The molecule has 1 rings (SSSR count). The molecule has 1 aromatic heterocycles. The largest absolute Gasteiger partial charge is 0.312 e. The van der Waals surface area contributed by atoms with Crippen LogP contribution >= 0.6 is 11.3 Å². The lowest BCUT2D eigenvalue weighted by Crippen LogP contribution is -2.29. The van der Waals surface area contributed by atoms with E-state index in [1.165, 1.54) is 16.2 Å². The molecule has 0 bridgehead atoms. The van der Waals surface area contributed by atoms with Gasteiger partial charge < -0.3 is 5.32 Å². The van der Waals surface area contributed by atoms with Gasteiger partial charge in [-0.2, -0.15) is 0 Å². The van der Waals surface area contributed by atoms with Gasteiger partial charge in [-0.25, -0.2) is 0 Å². The maximum Gasteiger partial charge on any atom is 0.0330 e. The van der Waals surface area contributed by atoms with E-state index in [2.05, 4.69) is 50.0 Å². The molecule has 1 N–H and O–H groups in total. The molecule has 3 heteroatoms. The highest BCUT2D eigenvalue weighted by molar-refractivity contribution is 7.11. The molecule has 17 heavy (non-hydrogen) atoms. The van der Waals surface area contributed by atoms with Crippen molar-refractivity contribution in [3.63, 3.8) is 0 Å². The van der Waals surface area contributed by atoms with E-state index in [1.807, 2.05) is 11.3 Å². The van der Waals surface area contributed by atoms with Gasteiger partial charge in [0.2, 0.25) is 0 Å². The lowest BCUT2D eigenvalue weighted by Gasteiger charge is -2.23. The fourth-order valence-corrected chi connectivity index (χ4v) is 2.86. The predicted octanol–water partition coefficient (Wildman–Crippen LogP) is 3.48. The van der Waals surface area contributed by atoms with E-state index in [0.717, 1.165) is 26.2 Å². The van der Waals surface area contributed by atoms with Crippen molar-refractivity contribution in [2.24, 2.45) is 0 Å². The first kappa shape index (κ1) is 14.7. The number of hydrogen-bond acceptors (Lipinski definition) is 3. The molecule has 0 aliphatic rings. The van der Waals surface area contributed by atoms with Crippen LogP contribution in [0, 0.1) is 0 Å².